The van der Waals surface area contributed by atoms with E-state index in [0.717, 1.165) is 0 Å². The van der Waals surface area contributed by atoms with E-state index in [4.69, 9.17) is 17.2 Å². The fourth-order valence-electron chi connectivity index (χ4n) is 8.18. The van der Waals surface area contributed by atoms with Gasteiger partial charge in [0.25, 0.3) is 0 Å². The van der Waals surface area contributed by atoms with Crippen molar-refractivity contribution < 1.29 is 68.4 Å². The molecule has 2 aromatic carbocycles. The van der Waals surface area contributed by atoms with E-state index in [2.05, 4.69) is 75.4 Å². The molecular weight excluding hydrogens is 1110 g/mol. The van der Waals surface area contributed by atoms with E-state index in [1.165, 1.54) is 61.1 Å². The van der Waals surface area contributed by atoms with Gasteiger partial charge >= 0.3 is 5.97 Å². The molecule has 462 valence electrons. The number of nitrogens with two attached hydrogens (primary N) is 3. The number of amides is 9. The number of aliphatic imine (C=N–C) groups is 1. The number of hydrogen-bond acceptors (Lipinski definition) is 17. The molecule has 0 bridgehead atoms. The number of aromatic nitrogens is 2. The largest absolute Gasteiger partial charge is 0.508 e. The Hall–Kier alpha value is -8.51. The average molecular weight is 1200 g/mol. The van der Waals surface area contributed by atoms with Gasteiger partial charge in [-0.15, -0.1) is 0 Å². The summed E-state index contributed by atoms with van der Waals surface area (Å²) in [5.41, 5.74) is 18.0. The molecule has 0 fully saturated rings. The molecule has 84 heavy (non-hydrogen) atoms. The number of phenolic OH excluding ortho intramolecular Hbond substituents is 2. The van der Waals surface area contributed by atoms with Crippen molar-refractivity contribution in [3.63, 3.8) is 0 Å². The van der Waals surface area contributed by atoms with E-state index in [1.54, 1.807) is 41.5 Å². The first-order valence-electron chi connectivity index (χ1n) is 27.1. The van der Waals surface area contributed by atoms with Gasteiger partial charge in [0.15, 0.2) is 5.96 Å². The lowest BCUT2D eigenvalue weighted by Gasteiger charge is -2.27. The molecule has 1 aromatic heterocycles. The number of carboxylic acid groups (broad SMARTS) is 1. The number of H-pyrrole nitrogens is 1. The van der Waals surface area contributed by atoms with Crippen molar-refractivity contribution in [1.82, 2.24) is 57.8 Å². The van der Waals surface area contributed by atoms with Crippen molar-refractivity contribution in [2.24, 2.45) is 39.9 Å². The maximum Gasteiger partial charge on any atom is 0.326 e. The second kappa shape index (κ2) is 34.8. The first-order valence-corrected chi connectivity index (χ1v) is 27.7. The number of aromatic amines is 1. The van der Waals surface area contributed by atoms with Crippen molar-refractivity contribution >= 4 is 77.7 Å². The molecular formula is C54H81N15O14S. The Bertz CT molecular complexity index is 2710. The van der Waals surface area contributed by atoms with Gasteiger partial charge < -0.3 is 90.5 Å². The van der Waals surface area contributed by atoms with Crippen LogP contribution < -0.4 is 65.1 Å². The van der Waals surface area contributed by atoms with Gasteiger partial charge in [0, 0.05) is 43.5 Å². The van der Waals surface area contributed by atoms with Crippen LogP contribution >= 0.6 is 12.6 Å². The lowest BCUT2D eigenvalue weighted by molar-refractivity contribution is -0.143. The third-order valence-corrected chi connectivity index (χ3v) is 13.2. The quantitative estimate of drug-likeness (QED) is 0.0118. The maximum absolute atomic E-state index is 14.4. The highest BCUT2D eigenvalue weighted by molar-refractivity contribution is 7.80. The van der Waals surface area contributed by atoms with Crippen molar-refractivity contribution in [3.05, 3.63) is 77.9 Å². The molecule has 29 nitrogen and oxygen atoms in total. The molecule has 9 amide bonds. The zero-order valence-corrected chi connectivity index (χ0v) is 48.6. The van der Waals surface area contributed by atoms with Crippen molar-refractivity contribution in [2.75, 3.05) is 25.4 Å². The summed E-state index contributed by atoms with van der Waals surface area (Å²) in [5.74, 6) is -11.0. The number of carboxylic acids is 1. The number of guanidine groups is 1. The second-order valence-electron chi connectivity index (χ2n) is 21.0. The lowest BCUT2D eigenvalue weighted by atomic mass is 9.99. The Balaban J connectivity index is 1.88. The minimum Gasteiger partial charge on any atom is -0.508 e. The van der Waals surface area contributed by atoms with Gasteiger partial charge in [0.05, 0.1) is 25.5 Å². The molecule has 0 saturated carbocycles. The van der Waals surface area contributed by atoms with Crippen LogP contribution in [0.15, 0.2) is 66.0 Å². The second-order valence-corrected chi connectivity index (χ2v) is 21.4. The Kier molecular flexibility index (Phi) is 28.9. The highest BCUT2D eigenvalue weighted by Gasteiger charge is 2.35. The average Bonchev–Trinajstić information content (AvgIpc) is 4.08. The van der Waals surface area contributed by atoms with E-state index >= 15 is 0 Å². The summed E-state index contributed by atoms with van der Waals surface area (Å²) in [6, 6.07) is -0.935. The Labute approximate surface area is 491 Å². The highest BCUT2D eigenvalue weighted by Crippen LogP contribution is 2.16. The molecule has 0 radical (unpaired) electrons. The Morgan fingerprint density at radius 2 is 1.06 bits per heavy atom. The van der Waals surface area contributed by atoms with Crippen LogP contribution in [0.1, 0.15) is 77.6 Å². The van der Waals surface area contributed by atoms with Crippen LogP contribution in [0.3, 0.4) is 0 Å². The highest BCUT2D eigenvalue weighted by atomic mass is 32.1. The summed E-state index contributed by atoms with van der Waals surface area (Å²) >= 11 is 4.01. The number of nitrogens with zero attached hydrogens (tertiary/aromatic N) is 2. The summed E-state index contributed by atoms with van der Waals surface area (Å²) in [7, 11) is 0. The molecule has 0 saturated heterocycles. The van der Waals surface area contributed by atoms with Crippen LogP contribution in [0, 0.1) is 17.8 Å². The smallest absolute Gasteiger partial charge is 0.326 e. The number of aliphatic hydroxyl groups excluding tert-OH is 1. The van der Waals surface area contributed by atoms with E-state index in [9.17, 15) is 68.4 Å². The number of aliphatic carboxylic acids is 1. The number of thiol groups is 1. The van der Waals surface area contributed by atoms with Gasteiger partial charge in [0.1, 0.15) is 59.8 Å². The van der Waals surface area contributed by atoms with Crippen molar-refractivity contribution in [3.8, 4) is 11.5 Å². The first kappa shape index (κ1) is 69.8. The van der Waals surface area contributed by atoms with Gasteiger partial charge in [-0.3, -0.25) is 48.1 Å². The van der Waals surface area contributed by atoms with Crippen LogP contribution in [-0.4, -0.2) is 175 Å². The number of aliphatic hydroxyl groups is 1. The monoisotopic (exact) mass is 1200 g/mol. The molecule has 1 heterocycles. The first-order chi connectivity index (χ1) is 39.6. The molecule has 30 heteroatoms. The minimum absolute atomic E-state index is 0.000405. The summed E-state index contributed by atoms with van der Waals surface area (Å²) in [6.07, 6.45) is 2.02. The normalized spacial score (nSPS) is 14.4. The maximum atomic E-state index is 14.4. The zero-order valence-electron chi connectivity index (χ0n) is 47.7. The number of phenols is 2. The van der Waals surface area contributed by atoms with Crippen LogP contribution in [0.2, 0.25) is 0 Å². The van der Waals surface area contributed by atoms with E-state index in [0.29, 0.717) is 16.8 Å². The van der Waals surface area contributed by atoms with Crippen molar-refractivity contribution in [2.45, 2.75) is 134 Å². The molecule has 3 rings (SSSR count). The van der Waals surface area contributed by atoms with E-state index < -0.39 is 138 Å². The topological polar surface area (TPSA) is 479 Å². The molecule has 3 aromatic rings. The van der Waals surface area contributed by atoms with Gasteiger partial charge in [-0.2, -0.15) is 12.6 Å². The van der Waals surface area contributed by atoms with Gasteiger partial charge in [0.2, 0.25) is 53.2 Å². The number of rotatable bonds is 35. The van der Waals surface area contributed by atoms with Crippen LogP contribution in [0.25, 0.3) is 0 Å². The molecule has 0 unspecified atom stereocenters. The Morgan fingerprint density at radius 1 is 0.595 bits per heavy atom. The van der Waals surface area contributed by atoms with E-state index in [1.807, 2.05) is 0 Å². The number of imidazole rings is 1. The third-order valence-electron chi connectivity index (χ3n) is 12.8. The molecule has 0 aliphatic heterocycles. The summed E-state index contributed by atoms with van der Waals surface area (Å²) in [4.78, 5) is 147. The zero-order chi connectivity index (χ0) is 62.8. The number of carbonyl (C=O) groups is 10. The number of nitrogens with one attached hydrogen (secondary N) is 10. The summed E-state index contributed by atoms with van der Waals surface area (Å²) < 4.78 is 0. The predicted octanol–water partition coefficient (Wildman–Crippen LogP) is -3.41. The van der Waals surface area contributed by atoms with Gasteiger partial charge in [-0.1, -0.05) is 65.8 Å². The van der Waals surface area contributed by atoms with E-state index in [-0.39, 0.29) is 74.2 Å². The van der Waals surface area contributed by atoms with Crippen LogP contribution in [0.5, 0.6) is 11.5 Å². The number of aromatic hydroxyl groups is 2. The number of benzene rings is 2. The lowest BCUT2D eigenvalue weighted by Crippen LogP contribution is -2.61. The van der Waals surface area contributed by atoms with Gasteiger partial charge in [-0.05, 0) is 72.4 Å². The fraction of sp³-hybridized carbons (Fsp3) is 0.519. The van der Waals surface area contributed by atoms with Crippen LogP contribution in [0.4, 0.5) is 0 Å². The number of hydrogen-bond donors (Lipinski definition) is 18. The third kappa shape index (κ3) is 24.1. The molecule has 0 aliphatic rings. The SMILES string of the molecule is CC(C)C[C@H](NC(=O)CNC(=O)[C@H](CCCN=C(N)N)NC(=O)[C@H](Cc1cnc[nH]1)NC(=O)[C@H](CO)NC(=O)[C@@H](NC(=O)[C@@H](N)CS)C(C)C)C(=O)N[C@@H](Cc1ccc(O)cc1)C(=O)N[C@@H](Cc1ccc(O)cc1)C(=O)N[C@H](C(=O)O)C(C)C. The standard InChI is InChI=1S/C54H81N15O14S/c1-27(2)18-37(47(76)64-38(19-30-9-13-33(71)14-10-30)48(77)65-39(20-31-11-15-34(72)16-12-31)50(79)69-44(29(5)6)53(82)83)62-42(73)23-60-46(75)36(8-7-17-59-54(56)57)63-49(78)40(21-32-22-58-26-61-32)66-51(80)41(24-70)67-52(81)43(28(3)4)68-45(74)35(55)25-84/h9-16,22,26-29,35-41,43-44,70-72,84H,7-8,17-21,23-25,55H2,1-6H3,(H,58,61)(H,60,75)(H,62,73)(H,63,78)(H,64,76)(H,65,77)(H,66,80)(H,67,81)(H,68,74)(H,69,79)(H,82,83)(H4,56,57,59)/t35-,36-,37-,38-,39-,40-,41-,43-,44-/m0/s1. The van der Waals surface area contributed by atoms with Gasteiger partial charge in [-0.25, -0.2) is 9.78 Å². The molecule has 20 N–H and O–H groups in total. The minimum atomic E-state index is -1.65. The Morgan fingerprint density at radius 3 is 1.51 bits per heavy atom. The van der Waals surface area contributed by atoms with Crippen molar-refractivity contribution in [1.29, 1.82) is 0 Å². The predicted molar refractivity (Wildman–Crippen MR) is 310 cm³/mol. The summed E-state index contributed by atoms with van der Waals surface area (Å²) in [6.45, 7) is 8.22. The summed E-state index contributed by atoms with van der Waals surface area (Å²) in [5, 5.41) is 62.7. The van der Waals surface area contributed by atoms with Crippen LogP contribution in [-0.2, 0) is 67.2 Å². The molecule has 0 spiro atoms. The number of carbonyl (C=O) groups excluding carboxylic acids is 9. The molecule has 9 atom stereocenters. The fourth-order valence-corrected chi connectivity index (χ4v) is 8.35. The molecule has 0 aliphatic carbocycles.